The van der Waals surface area contributed by atoms with Gasteiger partial charge in [-0.15, -0.1) is 5.10 Å². The maximum absolute atomic E-state index is 5.59. The van der Waals surface area contributed by atoms with Crippen molar-refractivity contribution in [2.45, 2.75) is 43.5 Å². The Balaban J connectivity index is 2.01. The lowest BCUT2D eigenvalue weighted by Crippen LogP contribution is -2.22. The Hall–Kier alpha value is -0.620. The lowest BCUT2D eigenvalue weighted by atomic mass is 9.95. The summed E-state index contributed by atoms with van der Waals surface area (Å²) < 4.78 is 1.91. The van der Waals surface area contributed by atoms with Crippen LogP contribution in [0.25, 0.3) is 0 Å². The van der Waals surface area contributed by atoms with Crippen LogP contribution in [0.1, 0.15) is 37.5 Å². The van der Waals surface area contributed by atoms with Gasteiger partial charge in [-0.05, 0) is 42.4 Å². The summed E-state index contributed by atoms with van der Waals surface area (Å²) in [5.74, 6) is 0.808. The van der Waals surface area contributed by atoms with Crippen molar-refractivity contribution < 1.29 is 0 Å². The van der Waals surface area contributed by atoms with Crippen LogP contribution in [0.2, 0.25) is 0 Å². The van der Waals surface area contributed by atoms with Crippen LogP contribution in [-0.4, -0.2) is 31.7 Å². The molecule has 0 spiro atoms. The number of rotatable bonds is 3. The zero-order valence-electron chi connectivity index (χ0n) is 8.96. The van der Waals surface area contributed by atoms with E-state index in [1.165, 1.54) is 25.7 Å². The molecule has 0 aromatic carbocycles. The van der Waals surface area contributed by atoms with Crippen LogP contribution < -0.4 is 5.73 Å². The maximum Gasteiger partial charge on any atom is 0.165 e. The molecule has 0 saturated heterocycles. The molecule has 84 valence electrons. The molecule has 1 aromatic rings. The first-order valence-electron chi connectivity index (χ1n) is 5.34. The third-order valence-corrected chi connectivity index (χ3v) is 4.20. The molecule has 15 heavy (non-hydrogen) atoms. The molecule has 0 aliphatic heterocycles. The Labute approximate surface area is 93.8 Å². The maximum atomic E-state index is 5.59. The van der Waals surface area contributed by atoms with E-state index in [2.05, 4.69) is 21.8 Å². The summed E-state index contributed by atoms with van der Waals surface area (Å²) in [6, 6.07) is 0.460. The van der Waals surface area contributed by atoms with Gasteiger partial charge in [0.25, 0.3) is 0 Å². The summed E-state index contributed by atoms with van der Waals surface area (Å²) >= 11 is 1.97. The predicted molar refractivity (Wildman–Crippen MR) is 60.5 cm³/mol. The molecule has 6 heteroatoms. The van der Waals surface area contributed by atoms with Gasteiger partial charge in [-0.2, -0.15) is 11.8 Å². The van der Waals surface area contributed by atoms with E-state index in [1.807, 2.05) is 16.4 Å². The van der Waals surface area contributed by atoms with Gasteiger partial charge >= 0.3 is 0 Å². The Morgan fingerprint density at radius 2 is 2.13 bits per heavy atom. The summed E-state index contributed by atoms with van der Waals surface area (Å²) in [5.41, 5.74) is 5.59. The molecule has 2 rings (SSSR count). The number of tetrazole rings is 1. The largest absolute Gasteiger partial charge is 0.324 e. The van der Waals surface area contributed by atoms with Gasteiger partial charge in [0.15, 0.2) is 5.82 Å². The molecular formula is C9H17N5S. The fraction of sp³-hybridized carbons (Fsp3) is 0.889. The third-order valence-electron chi connectivity index (χ3n) is 3.07. The van der Waals surface area contributed by atoms with Crippen LogP contribution >= 0.6 is 11.8 Å². The molecule has 2 N–H and O–H groups in total. The van der Waals surface area contributed by atoms with Crippen molar-refractivity contribution in [3.63, 3.8) is 0 Å². The van der Waals surface area contributed by atoms with Gasteiger partial charge in [-0.1, -0.05) is 0 Å². The van der Waals surface area contributed by atoms with E-state index in [0.717, 1.165) is 11.1 Å². The lowest BCUT2D eigenvalue weighted by Gasteiger charge is -2.27. The van der Waals surface area contributed by atoms with Gasteiger partial charge in [0.1, 0.15) is 0 Å². The molecule has 1 heterocycles. The summed E-state index contributed by atoms with van der Waals surface area (Å²) in [6.45, 7) is 0.426. The van der Waals surface area contributed by atoms with Crippen LogP contribution in [0, 0.1) is 0 Å². The molecular weight excluding hydrogens is 210 g/mol. The Kier molecular flexibility index (Phi) is 3.58. The number of hydrogen-bond acceptors (Lipinski definition) is 5. The summed E-state index contributed by atoms with van der Waals surface area (Å²) in [7, 11) is 0. The van der Waals surface area contributed by atoms with E-state index in [1.54, 1.807) is 0 Å². The Bertz CT molecular complexity index is 305. The lowest BCUT2D eigenvalue weighted by molar-refractivity contribution is 0.322. The second kappa shape index (κ2) is 4.94. The molecule has 1 saturated carbocycles. The van der Waals surface area contributed by atoms with Crippen LogP contribution in [0.4, 0.5) is 0 Å². The van der Waals surface area contributed by atoms with E-state index in [4.69, 9.17) is 5.73 Å². The fourth-order valence-electron chi connectivity index (χ4n) is 2.16. The van der Waals surface area contributed by atoms with Gasteiger partial charge in [0, 0.05) is 5.25 Å². The molecule has 0 amide bonds. The van der Waals surface area contributed by atoms with E-state index < -0.39 is 0 Å². The topological polar surface area (TPSA) is 69.6 Å². The normalized spacial score (nSPS) is 26.8. The highest BCUT2D eigenvalue weighted by Crippen LogP contribution is 2.33. The summed E-state index contributed by atoms with van der Waals surface area (Å²) in [6.07, 6.45) is 7.05. The van der Waals surface area contributed by atoms with Crippen molar-refractivity contribution in [2.75, 3.05) is 6.26 Å². The van der Waals surface area contributed by atoms with Crippen LogP contribution in [0.15, 0.2) is 0 Å². The van der Waals surface area contributed by atoms with Gasteiger partial charge in [-0.25, -0.2) is 4.68 Å². The number of hydrogen-bond donors (Lipinski definition) is 1. The SMILES string of the molecule is CSC1CCC(n2nnnc2CN)CC1. The van der Waals surface area contributed by atoms with Crippen LogP contribution in [0.3, 0.4) is 0 Å². The van der Waals surface area contributed by atoms with Gasteiger partial charge in [0.05, 0.1) is 12.6 Å². The molecule has 5 nitrogen and oxygen atoms in total. The number of thioether (sulfide) groups is 1. The van der Waals surface area contributed by atoms with Crippen molar-refractivity contribution in [3.05, 3.63) is 5.82 Å². The van der Waals surface area contributed by atoms with E-state index in [0.29, 0.717) is 12.6 Å². The number of aromatic nitrogens is 4. The molecule has 1 aromatic heterocycles. The molecule has 0 atom stereocenters. The zero-order chi connectivity index (χ0) is 10.7. The summed E-state index contributed by atoms with van der Waals surface area (Å²) in [5, 5.41) is 12.5. The van der Waals surface area contributed by atoms with E-state index in [9.17, 15) is 0 Å². The monoisotopic (exact) mass is 227 g/mol. The van der Waals surface area contributed by atoms with Gasteiger partial charge in [-0.3, -0.25) is 0 Å². The first-order chi connectivity index (χ1) is 7.35. The van der Waals surface area contributed by atoms with Crippen LogP contribution in [0.5, 0.6) is 0 Å². The van der Waals surface area contributed by atoms with Crippen molar-refractivity contribution in [1.82, 2.24) is 20.2 Å². The van der Waals surface area contributed by atoms with Gasteiger partial charge < -0.3 is 5.73 Å². The minimum Gasteiger partial charge on any atom is -0.324 e. The minimum absolute atomic E-state index is 0.426. The second-order valence-corrected chi connectivity index (χ2v) is 5.05. The van der Waals surface area contributed by atoms with Gasteiger partial charge in [0.2, 0.25) is 0 Å². The average molecular weight is 227 g/mol. The van der Waals surface area contributed by atoms with E-state index in [-0.39, 0.29) is 0 Å². The Morgan fingerprint density at radius 1 is 1.40 bits per heavy atom. The number of nitrogens with zero attached hydrogens (tertiary/aromatic N) is 4. The molecule has 1 fully saturated rings. The third kappa shape index (κ3) is 2.31. The van der Waals surface area contributed by atoms with Crippen molar-refractivity contribution in [3.8, 4) is 0 Å². The molecule has 1 aliphatic rings. The molecule has 0 unspecified atom stereocenters. The fourth-order valence-corrected chi connectivity index (χ4v) is 2.90. The first-order valence-corrected chi connectivity index (χ1v) is 6.63. The van der Waals surface area contributed by atoms with Crippen molar-refractivity contribution in [1.29, 1.82) is 0 Å². The van der Waals surface area contributed by atoms with Crippen molar-refractivity contribution in [2.24, 2.45) is 5.73 Å². The quantitative estimate of drug-likeness (QED) is 0.833. The zero-order valence-corrected chi connectivity index (χ0v) is 9.78. The van der Waals surface area contributed by atoms with E-state index >= 15 is 0 Å². The second-order valence-electron chi connectivity index (χ2n) is 3.91. The number of nitrogens with two attached hydrogens (primary N) is 1. The smallest absolute Gasteiger partial charge is 0.165 e. The highest BCUT2D eigenvalue weighted by molar-refractivity contribution is 7.99. The average Bonchev–Trinajstić information content (AvgIpc) is 2.77. The minimum atomic E-state index is 0.426. The molecule has 1 aliphatic carbocycles. The molecule has 0 radical (unpaired) electrons. The predicted octanol–water partition coefficient (Wildman–Crippen LogP) is 0.978. The highest BCUT2D eigenvalue weighted by atomic mass is 32.2. The first kappa shape index (κ1) is 10.9. The van der Waals surface area contributed by atoms with Crippen molar-refractivity contribution >= 4 is 11.8 Å². The summed E-state index contributed by atoms with van der Waals surface area (Å²) in [4.78, 5) is 0. The van der Waals surface area contributed by atoms with Crippen LogP contribution in [-0.2, 0) is 6.54 Å². The molecule has 0 bridgehead atoms. The highest BCUT2D eigenvalue weighted by Gasteiger charge is 2.24. The Morgan fingerprint density at radius 3 is 2.73 bits per heavy atom. The standard InChI is InChI=1S/C9H17N5S/c1-15-8-4-2-7(3-5-8)14-9(6-10)11-12-13-14/h7-8H,2-6,10H2,1H3.